The molecule has 0 spiro atoms. The summed E-state index contributed by atoms with van der Waals surface area (Å²) >= 11 is 0. The van der Waals surface area contributed by atoms with Crippen molar-refractivity contribution in [3.8, 4) is 16.9 Å². The minimum atomic E-state index is -3.68. The maximum absolute atomic E-state index is 13.1. The number of benzene rings is 2. The molecule has 28 heavy (non-hydrogen) atoms. The first kappa shape index (κ1) is 21.9. The van der Waals surface area contributed by atoms with Crippen molar-refractivity contribution in [2.45, 2.75) is 31.4 Å². The SMILES string of the molecule is CCOC(=O)C(C)(CCc1ccc(-c2ccc(F)cc2)cc1OC)S(C)(=O)=O. The normalized spacial score (nSPS) is 13.6. The largest absolute Gasteiger partial charge is 0.496 e. The quantitative estimate of drug-likeness (QED) is 0.622. The Morgan fingerprint density at radius 1 is 1.11 bits per heavy atom. The van der Waals surface area contributed by atoms with Crippen LogP contribution in [0.3, 0.4) is 0 Å². The van der Waals surface area contributed by atoms with Gasteiger partial charge in [-0.3, -0.25) is 4.79 Å². The lowest BCUT2D eigenvalue weighted by molar-refractivity contribution is -0.146. The summed E-state index contributed by atoms with van der Waals surface area (Å²) in [6, 6.07) is 11.6. The van der Waals surface area contributed by atoms with Crippen molar-refractivity contribution >= 4 is 15.8 Å². The van der Waals surface area contributed by atoms with Crippen molar-refractivity contribution in [2.75, 3.05) is 20.0 Å². The summed E-state index contributed by atoms with van der Waals surface area (Å²) in [5.41, 5.74) is 2.45. The molecule has 1 atom stereocenters. The van der Waals surface area contributed by atoms with E-state index in [1.54, 1.807) is 19.1 Å². The zero-order valence-electron chi connectivity index (χ0n) is 16.5. The average Bonchev–Trinajstić information content (AvgIpc) is 2.65. The summed E-state index contributed by atoms with van der Waals surface area (Å²) in [5, 5.41) is 0. The van der Waals surface area contributed by atoms with E-state index < -0.39 is 20.6 Å². The molecule has 0 saturated carbocycles. The molecule has 152 valence electrons. The van der Waals surface area contributed by atoms with Crippen LogP contribution in [-0.2, 0) is 25.8 Å². The third-order valence-corrected chi connectivity index (χ3v) is 6.87. The fourth-order valence-corrected chi connectivity index (χ4v) is 3.70. The highest BCUT2D eigenvalue weighted by Crippen LogP contribution is 2.31. The predicted octanol–water partition coefficient (Wildman–Crippen LogP) is 3.80. The Kier molecular flexibility index (Phi) is 6.82. The molecule has 0 aliphatic rings. The van der Waals surface area contributed by atoms with Crippen molar-refractivity contribution in [3.63, 3.8) is 0 Å². The summed E-state index contributed by atoms with van der Waals surface area (Å²) < 4.78 is 46.4. The Labute approximate surface area is 165 Å². The molecule has 0 saturated heterocycles. The van der Waals surface area contributed by atoms with E-state index in [2.05, 4.69) is 0 Å². The summed E-state index contributed by atoms with van der Waals surface area (Å²) in [6.45, 7) is 3.14. The number of aryl methyl sites for hydroxylation is 1. The van der Waals surface area contributed by atoms with Crippen LogP contribution in [0.5, 0.6) is 5.75 Å². The molecule has 0 aliphatic heterocycles. The van der Waals surface area contributed by atoms with Crippen LogP contribution in [0, 0.1) is 5.82 Å². The van der Waals surface area contributed by atoms with Gasteiger partial charge in [0.05, 0.1) is 13.7 Å². The molecular weight excluding hydrogens is 383 g/mol. The molecular formula is C21H25FO5S. The number of methoxy groups -OCH3 is 1. The smallest absolute Gasteiger partial charge is 0.327 e. The molecule has 0 bridgehead atoms. The van der Waals surface area contributed by atoms with E-state index in [0.29, 0.717) is 12.2 Å². The monoisotopic (exact) mass is 408 g/mol. The number of hydrogen-bond acceptors (Lipinski definition) is 5. The Morgan fingerprint density at radius 2 is 1.71 bits per heavy atom. The van der Waals surface area contributed by atoms with Crippen LogP contribution in [0.25, 0.3) is 11.1 Å². The number of sulfone groups is 1. The minimum absolute atomic E-state index is 0.0664. The summed E-state index contributed by atoms with van der Waals surface area (Å²) in [6.07, 6.45) is 1.42. The Morgan fingerprint density at radius 3 is 2.25 bits per heavy atom. The molecule has 0 heterocycles. The topological polar surface area (TPSA) is 69.7 Å². The van der Waals surface area contributed by atoms with Crippen LogP contribution in [0.4, 0.5) is 4.39 Å². The van der Waals surface area contributed by atoms with Gasteiger partial charge in [-0.05, 0) is 61.6 Å². The van der Waals surface area contributed by atoms with Crippen LogP contribution in [0.15, 0.2) is 42.5 Å². The van der Waals surface area contributed by atoms with E-state index in [4.69, 9.17) is 9.47 Å². The number of halogens is 1. The maximum Gasteiger partial charge on any atom is 0.327 e. The molecule has 0 N–H and O–H groups in total. The number of hydrogen-bond donors (Lipinski definition) is 0. The third-order valence-electron chi connectivity index (χ3n) is 4.86. The molecule has 0 fully saturated rings. The molecule has 0 amide bonds. The van der Waals surface area contributed by atoms with E-state index in [-0.39, 0.29) is 18.8 Å². The highest BCUT2D eigenvalue weighted by atomic mass is 32.2. The standard InChI is InChI=1S/C21H25FO5S/c1-5-27-20(23)21(2,28(4,24)25)13-12-16-6-7-17(14-19(16)26-3)15-8-10-18(22)11-9-15/h6-11,14H,5,12-13H2,1-4H3. The Balaban J connectivity index is 2.30. The lowest BCUT2D eigenvalue weighted by Gasteiger charge is -2.25. The van der Waals surface area contributed by atoms with Gasteiger partial charge in [-0.1, -0.05) is 24.3 Å². The van der Waals surface area contributed by atoms with Crippen LogP contribution in [0.1, 0.15) is 25.8 Å². The summed E-state index contributed by atoms with van der Waals surface area (Å²) in [4.78, 5) is 12.3. The van der Waals surface area contributed by atoms with Crippen LogP contribution >= 0.6 is 0 Å². The van der Waals surface area contributed by atoms with Gasteiger partial charge in [-0.15, -0.1) is 0 Å². The van der Waals surface area contributed by atoms with E-state index in [0.717, 1.165) is 22.9 Å². The van der Waals surface area contributed by atoms with Crippen LogP contribution < -0.4 is 4.74 Å². The van der Waals surface area contributed by atoms with Crippen molar-refractivity contribution in [3.05, 3.63) is 53.8 Å². The molecule has 2 aromatic rings. The number of carbonyl (C=O) groups is 1. The molecule has 0 radical (unpaired) electrons. The van der Waals surface area contributed by atoms with Gasteiger partial charge in [0, 0.05) is 6.26 Å². The third kappa shape index (κ3) is 4.70. The first-order chi connectivity index (χ1) is 13.1. The zero-order valence-corrected chi connectivity index (χ0v) is 17.3. The fraction of sp³-hybridized carbons (Fsp3) is 0.381. The van der Waals surface area contributed by atoms with Gasteiger partial charge in [0.25, 0.3) is 0 Å². The van der Waals surface area contributed by atoms with Crippen LogP contribution in [-0.4, -0.2) is 39.1 Å². The molecule has 0 aliphatic carbocycles. The Bertz CT molecular complexity index is 938. The van der Waals surface area contributed by atoms with Gasteiger partial charge in [-0.2, -0.15) is 0 Å². The van der Waals surface area contributed by atoms with Gasteiger partial charge in [0.1, 0.15) is 11.6 Å². The van der Waals surface area contributed by atoms with E-state index in [1.807, 2.05) is 18.2 Å². The van der Waals surface area contributed by atoms with Gasteiger partial charge < -0.3 is 9.47 Å². The van der Waals surface area contributed by atoms with Gasteiger partial charge in [0.15, 0.2) is 14.6 Å². The second kappa shape index (κ2) is 8.73. The van der Waals surface area contributed by atoms with Gasteiger partial charge >= 0.3 is 5.97 Å². The zero-order chi connectivity index (χ0) is 20.9. The molecule has 7 heteroatoms. The first-order valence-electron chi connectivity index (χ1n) is 8.92. The predicted molar refractivity (Wildman–Crippen MR) is 107 cm³/mol. The Hall–Kier alpha value is -2.41. The van der Waals surface area contributed by atoms with E-state index in [9.17, 15) is 17.6 Å². The lowest BCUT2D eigenvalue weighted by atomic mass is 9.97. The van der Waals surface area contributed by atoms with Crippen molar-refractivity contribution in [1.82, 2.24) is 0 Å². The van der Waals surface area contributed by atoms with E-state index >= 15 is 0 Å². The maximum atomic E-state index is 13.1. The molecule has 1 unspecified atom stereocenters. The first-order valence-corrected chi connectivity index (χ1v) is 10.8. The number of esters is 1. The summed E-state index contributed by atoms with van der Waals surface area (Å²) in [5.74, 6) is -0.493. The second-order valence-corrected chi connectivity index (χ2v) is 9.20. The number of carbonyl (C=O) groups excluding carboxylic acids is 1. The van der Waals surface area contributed by atoms with Crippen molar-refractivity contribution in [2.24, 2.45) is 0 Å². The minimum Gasteiger partial charge on any atom is -0.496 e. The van der Waals surface area contributed by atoms with Gasteiger partial charge in [0.2, 0.25) is 0 Å². The molecule has 5 nitrogen and oxygen atoms in total. The van der Waals surface area contributed by atoms with Gasteiger partial charge in [-0.25, -0.2) is 12.8 Å². The highest BCUT2D eigenvalue weighted by Gasteiger charge is 2.44. The fourth-order valence-electron chi connectivity index (χ4n) is 2.87. The number of rotatable bonds is 8. The lowest BCUT2D eigenvalue weighted by Crippen LogP contribution is -2.44. The number of ether oxygens (including phenoxy) is 2. The molecule has 2 rings (SSSR count). The molecule has 2 aromatic carbocycles. The van der Waals surface area contributed by atoms with Crippen molar-refractivity contribution in [1.29, 1.82) is 0 Å². The average molecular weight is 408 g/mol. The second-order valence-electron chi connectivity index (χ2n) is 6.76. The summed E-state index contributed by atoms with van der Waals surface area (Å²) in [7, 11) is -2.16. The van der Waals surface area contributed by atoms with Crippen LogP contribution in [0.2, 0.25) is 0 Å². The molecule has 0 aromatic heterocycles. The van der Waals surface area contributed by atoms with E-state index in [1.165, 1.54) is 26.2 Å². The van der Waals surface area contributed by atoms with Crippen molar-refractivity contribution < 1.29 is 27.1 Å². The highest BCUT2D eigenvalue weighted by molar-refractivity contribution is 7.92.